The van der Waals surface area contributed by atoms with E-state index in [1.54, 1.807) is 7.11 Å². The van der Waals surface area contributed by atoms with Crippen LogP contribution in [-0.2, 0) is 23.7 Å². The molecule has 0 saturated carbocycles. The molecule has 2 aliphatic heterocycles. The van der Waals surface area contributed by atoms with Gasteiger partial charge in [0.15, 0.2) is 6.29 Å². The fraction of sp³-hybridized carbons (Fsp3) is 0.900. The lowest BCUT2D eigenvalue weighted by Gasteiger charge is -2.36. The van der Waals surface area contributed by atoms with Crippen LogP contribution in [0, 0.1) is 11.8 Å². The quantitative estimate of drug-likeness (QED) is 0.630. The molecule has 5 nitrogen and oxygen atoms in total. The summed E-state index contributed by atoms with van der Waals surface area (Å²) >= 11 is 0. The van der Waals surface area contributed by atoms with Crippen LogP contribution in [0.3, 0.4) is 0 Å². The number of carbonyl (C=O) groups excluding carboxylic acids is 1. The van der Waals surface area contributed by atoms with Crippen LogP contribution in [0.5, 0.6) is 0 Å². The first-order chi connectivity index (χ1) is 7.27. The molecule has 0 aromatic heterocycles. The Balaban J connectivity index is 2.07. The van der Waals surface area contributed by atoms with Crippen LogP contribution >= 0.6 is 0 Å². The topological polar surface area (TPSA) is 54.0 Å². The summed E-state index contributed by atoms with van der Waals surface area (Å²) in [6.45, 7) is 3.55. The number of methoxy groups -OCH3 is 1. The van der Waals surface area contributed by atoms with Crippen molar-refractivity contribution >= 4 is 6.47 Å². The van der Waals surface area contributed by atoms with Gasteiger partial charge in [-0.05, 0) is 6.92 Å². The molecule has 0 aromatic rings. The first-order valence-corrected chi connectivity index (χ1v) is 5.13. The first-order valence-electron chi connectivity index (χ1n) is 5.13. The number of ether oxygens (including phenoxy) is 4. The molecule has 0 aromatic carbocycles. The average molecular weight is 216 g/mol. The maximum absolute atomic E-state index is 10.4. The summed E-state index contributed by atoms with van der Waals surface area (Å²) in [6.07, 6.45) is -0.530. The summed E-state index contributed by atoms with van der Waals surface area (Å²) in [4.78, 5) is 10.4. The van der Waals surface area contributed by atoms with E-state index in [0.29, 0.717) is 19.7 Å². The Bertz CT molecular complexity index is 232. The Hall–Kier alpha value is -0.650. The van der Waals surface area contributed by atoms with Crippen LogP contribution < -0.4 is 0 Å². The fourth-order valence-corrected chi connectivity index (χ4v) is 2.42. The minimum absolute atomic E-state index is 0.0735. The number of hydrogen-bond donors (Lipinski definition) is 0. The zero-order chi connectivity index (χ0) is 10.8. The predicted molar refractivity (Wildman–Crippen MR) is 50.1 cm³/mol. The Labute approximate surface area is 88.6 Å². The van der Waals surface area contributed by atoms with Gasteiger partial charge in [-0.1, -0.05) is 0 Å². The van der Waals surface area contributed by atoms with Crippen molar-refractivity contribution in [1.82, 2.24) is 0 Å². The molecule has 0 radical (unpaired) electrons. The summed E-state index contributed by atoms with van der Waals surface area (Å²) in [5, 5.41) is 0. The first kappa shape index (κ1) is 10.9. The molecule has 0 amide bonds. The highest BCUT2D eigenvalue weighted by Gasteiger charge is 2.48. The highest BCUT2D eigenvalue weighted by atomic mass is 16.7. The van der Waals surface area contributed by atoms with Gasteiger partial charge in [0.05, 0.1) is 19.3 Å². The molecule has 5 heteroatoms. The molecular weight excluding hydrogens is 200 g/mol. The summed E-state index contributed by atoms with van der Waals surface area (Å²) in [5.41, 5.74) is 0. The minimum Gasteiger partial charge on any atom is -0.461 e. The lowest BCUT2D eigenvalue weighted by Crippen LogP contribution is -2.47. The number of fused-ring (bicyclic) bond motifs is 1. The van der Waals surface area contributed by atoms with E-state index in [1.807, 2.05) is 6.92 Å². The van der Waals surface area contributed by atoms with Crippen LogP contribution in [0.15, 0.2) is 0 Å². The molecule has 5 atom stereocenters. The van der Waals surface area contributed by atoms with Gasteiger partial charge in [-0.15, -0.1) is 0 Å². The molecule has 2 heterocycles. The van der Waals surface area contributed by atoms with Gasteiger partial charge in [-0.3, -0.25) is 4.79 Å². The molecule has 2 rings (SSSR count). The van der Waals surface area contributed by atoms with E-state index >= 15 is 0 Å². The SMILES string of the molecule is COC1OCC2C1COC(C)C2OC=O. The second kappa shape index (κ2) is 4.47. The van der Waals surface area contributed by atoms with Gasteiger partial charge >= 0.3 is 0 Å². The molecule has 0 aliphatic carbocycles. The normalized spacial score (nSPS) is 44.8. The molecule has 2 aliphatic rings. The van der Waals surface area contributed by atoms with Gasteiger partial charge < -0.3 is 18.9 Å². The van der Waals surface area contributed by atoms with Crippen molar-refractivity contribution in [1.29, 1.82) is 0 Å². The number of carbonyl (C=O) groups is 1. The van der Waals surface area contributed by atoms with E-state index in [0.717, 1.165) is 0 Å². The third-order valence-corrected chi connectivity index (χ3v) is 3.23. The molecule has 15 heavy (non-hydrogen) atoms. The molecule has 0 bridgehead atoms. The van der Waals surface area contributed by atoms with Gasteiger partial charge in [-0.25, -0.2) is 0 Å². The fourth-order valence-electron chi connectivity index (χ4n) is 2.42. The molecular formula is C10H16O5. The van der Waals surface area contributed by atoms with E-state index in [-0.39, 0.29) is 30.3 Å². The molecule has 0 N–H and O–H groups in total. The monoisotopic (exact) mass is 216 g/mol. The maximum atomic E-state index is 10.4. The average Bonchev–Trinajstić information content (AvgIpc) is 2.65. The second-order valence-electron chi connectivity index (χ2n) is 4.00. The Kier molecular flexibility index (Phi) is 3.23. The van der Waals surface area contributed by atoms with Crippen molar-refractivity contribution in [2.24, 2.45) is 11.8 Å². The summed E-state index contributed by atoms with van der Waals surface area (Å²) in [5.74, 6) is 0.347. The van der Waals surface area contributed by atoms with Crippen molar-refractivity contribution < 1.29 is 23.7 Å². The maximum Gasteiger partial charge on any atom is 0.293 e. The van der Waals surface area contributed by atoms with E-state index in [4.69, 9.17) is 18.9 Å². The smallest absolute Gasteiger partial charge is 0.293 e. The van der Waals surface area contributed by atoms with Gasteiger partial charge in [0.1, 0.15) is 6.10 Å². The van der Waals surface area contributed by atoms with Crippen molar-refractivity contribution in [3.63, 3.8) is 0 Å². The third-order valence-electron chi connectivity index (χ3n) is 3.23. The van der Waals surface area contributed by atoms with Gasteiger partial charge in [0.25, 0.3) is 6.47 Å². The Morgan fingerprint density at radius 3 is 2.67 bits per heavy atom. The molecule has 86 valence electrons. The largest absolute Gasteiger partial charge is 0.461 e. The van der Waals surface area contributed by atoms with E-state index in [1.165, 1.54) is 0 Å². The standard InChI is InChI=1S/C10H16O5/c1-6-9(15-5-11)7-3-14-10(12-2)8(7)4-13-6/h5-10H,3-4H2,1-2H3. The molecule has 2 fully saturated rings. The van der Waals surface area contributed by atoms with Gasteiger partial charge in [0.2, 0.25) is 0 Å². The molecule has 0 spiro atoms. The third kappa shape index (κ3) is 1.87. The number of hydrogen-bond acceptors (Lipinski definition) is 5. The van der Waals surface area contributed by atoms with Gasteiger partial charge in [0, 0.05) is 18.9 Å². The zero-order valence-electron chi connectivity index (χ0n) is 8.92. The van der Waals surface area contributed by atoms with Crippen molar-refractivity contribution in [2.75, 3.05) is 20.3 Å². The van der Waals surface area contributed by atoms with Crippen molar-refractivity contribution in [3.8, 4) is 0 Å². The summed E-state index contributed by atoms with van der Waals surface area (Å²) in [7, 11) is 1.61. The van der Waals surface area contributed by atoms with E-state index in [2.05, 4.69) is 0 Å². The summed E-state index contributed by atoms with van der Waals surface area (Å²) in [6, 6.07) is 0. The predicted octanol–water partition coefficient (Wildman–Crippen LogP) is 0.182. The molecule has 2 saturated heterocycles. The van der Waals surface area contributed by atoms with E-state index in [9.17, 15) is 4.79 Å². The van der Waals surface area contributed by atoms with Crippen LogP contribution in [0.2, 0.25) is 0 Å². The summed E-state index contributed by atoms with van der Waals surface area (Å²) < 4.78 is 21.3. The minimum atomic E-state index is -0.236. The van der Waals surface area contributed by atoms with Crippen LogP contribution in [0.1, 0.15) is 6.92 Å². The number of rotatable bonds is 3. The van der Waals surface area contributed by atoms with Crippen LogP contribution in [0.25, 0.3) is 0 Å². The highest BCUT2D eigenvalue weighted by Crippen LogP contribution is 2.37. The lowest BCUT2D eigenvalue weighted by molar-refractivity contribution is -0.173. The highest BCUT2D eigenvalue weighted by molar-refractivity contribution is 5.37. The Morgan fingerprint density at radius 1 is 1.27 bits per heavy atom. The van der Waals surface area contributed by atoms with Crippen molar-refractivity contribution in [2.45, 2.75) is 25.4 Å². The Morgan fingerprint density at radius 2 is 2.00 bits per heavy atom. The van der Waals surface area contributed by atoms with Crippen molar-refractivity contribution in [3.05, 3.63) is 0 Å². The van der Waals surface area contributed by atoms with Gasteiger partial charge in [-0.2, -0.15) is 0 Å². The second-order valence-corrected chi connectivity index (χ2v) is 4.00. The lowest BCUT2D eigenvalue weighted by atomic mass is 9.85. The van der Waals surface area contributed by atoms with Crippen LogP contribution in [0.4, 0.5) is 0 Å². The van der Waals surface area contributed by atoms with Crippen LogP contribution in [-0.4, -0.2) is 45.3 Å². The zero-order valence-corrected chi connectivity index (χ0v) is 8.92. The molecule has 5 unspecified atom stereocenters. The van der Waals surface area contributed by atoms with E-state index < -0.39 is 0 Å².